The first kappa shape index (κ1) is 19.7. The number of amides is 2. The molecule has 26 heavy (non-hydrogen) atoms. The molecule has 1 aromatic carbocycles. The SMILES string of the molecule is C=C(CCNC(=O)COc1ccc(Cl)c(Cl)c1)NC(=O)c1cnccn1. The molecule has 0 atom stereocenters. The minimum Gasteiger partial charge on any atom is -0.484 e. The van der Waals surface area contributed by atoms with Crippen molar-refractivity contribution in [1.82, 2.24) is 20.6 Å². The van der Waals surface area contributed by atoms with Gasteiger partial charge in [0.2, 0.25) is 0 Å². The van der Waals surface area contributed by atoms with Crippen LogP contribution in [-0.4, -0.2) is 34.9 Å². The highest BCUT2D eigenvalue weighted by atomic mass is 35.5. The summed E-state index contributed by atoms with van der Waals surface area (Å²) < 4.78 is 5.32. The summed E-state index contributed by atoms with van der Waals surface area (Å²) >= 11 is 11.7. The van der Waals surface area contributed by atoms with E-state index < -0.39 is 5.91 Å². The molecule has 0 saturated carbocycles. The second kappa shape index (κ2) is 9.74. The standard InChI is InChI=1S/C17H16Cl2N4O3/c1-11(23-17(25)15-9-20-6-7-21-15)4-5-22-16(24)10-26-12-2-3-13(18)14(19)8-12/h2-3,6-9H,1,4-5,10H2,(H,22,24)(H,23,25). The van der Waals surface area contributed by atoms with Gasteiger partial charge in [-0.1, -0.05) is 29.8 Å². The van der Waals surface area contributed by atoms with E-state index in [2.05, 4.69) is 27.2 Å². The van der Waals surface area contributed by atoms with Gasteiger partial charge in [-0.2, -0.15) is 0 Å². The molecule has 2 amide bonds. The van der Waals surface area contributed by atoms with Gasteiger partial charge in [-0.05, 0) is 12.1 Å². The number of nitrogens with one attached hydrogen (secondary N) is 2. The van der Waals surface area contributed by atoms with Crippen LogP contribution in [0.25, 0.3) is 0 Å². The molecule has 0 unspecified atom stereocenters. The number of benzene rings is 1. The van der Waals surface area contributed by atoms with Crippen LogP contribution in [0, 0.1) is 0 Å². The highest BCUT2D eigenvalue weighted by molar-refractivity contribution is 6.42. The Morgan fingerprint density at radius 3 is 2.69 bits per heavy atom. The molecule has 0 aliphatic heterocycles. The molecule has 7 nitrogen and oxygen atoms in total. The molecule has 2 N–H and O–H groups in total. The molecular weight excluding hydrogens is 379 g/mol. The van der Waals surface area contributed by atoms with Crippen molar-refractivity contribution in [3.8, 4) is 5.75 Å². The van der Waals surface area contributed by atoms with E-state index >= 15 is 0 Å². The Balaban J connectivity index is 1.66. The Morgan fingerprint density at radius 2 is 2.00 bits per heavy atom. The summed E-state index contributed by atoms with van der Waals surface area (Å²) in [5, 5.41) is 6.01. The number of halogens is 2. The van der Waals surface area contributed by atoms with Gasteiger partial charge in [-0.15, -0.1) is 0 Å². The van der Waals surface area contributed by atoms with Crippen molar-refractivity contribution in [2.75, 3.05) is 13.2 Å². The molecule has 2 rings (SSSR count). The quantitative estimate of drug-likeness (QED) is 0.717. The van der Waals surface area contributed by atoms with Crippen molar-refractivity contribution >= 4 is 35.0 Å². The third kappa shape index (κ3) is 6.34. The van der Waals surface area contributed by atoms with Crippen LogP contribution < -0.4 is 15.4 Å². The Bertz CT molecular complexity index is 800. The second-order valence-electron chi connectivity index (χ2n) is 5.11. The average molecular weight is 395 g/mol. The summed E-state index contributed by atoms with van der Waals surface area (Å²) in [7, 11) is 0. The van der Waals surface area contributed by atoms with Crippen molar-refractivity contribution in [3.05, 3.63) is 64.8 Å². The van der Waals surface area contributed by atoms with Gasteiger partial charge in [0.1, 0.15) is 11.4 Å². The molecule has 0 radical (unpaired) electrons. The highest BCUT2D eigenvalue weighted by Crippen LogP contribution is 2.26. The fourth-order valence-corrected chi connectivity index (χ4v) is 2.11. The van der Waals surface area contributed by atoms with E-state index in [-0.39, 0.29) is 18.2 Å². The number of aromatic nitrogens is 2. The van der Waals surface area contributed by atoms with Gasteiger partial charge in [-0.25, -0.2) is 4.98 Å². The molecule has 0 aliphatic carbocycles. The monoisotopic (exact) mass is 394 g/mol. The highest BCUT2D eigenvalue weighted by Gasteiger charge is 2.09. The Morgan fingerprint density at radius 1 is 1.19 bits per heavy atom. The molecule has 0 spiro atoms. The first-order valence-corrected chi connectivity index (χ1v) is 8.31. The van der Waals surface area contributed by atoms with E-state index in [0.717, 1.165) is 0 Å². The lowest BCUT2D eigenvalue weighted by molar-refractivity contribution is -0.123. The summed E-state index contributed by atoms with van der Waals surface area (Å²) in [5.74, 6) is -0.281. The van der Waals surface area contributed by atoms with Gasteiger partial charge < -0.3 is 15.4 Å². The minimum atomic E-state index is -0.405. The smallest absolute Gasteiger partial charge is 0.275 e. The Kier molecular flexibility index (Phi) is 7.37. The van der Waals surface area contributed by atoms with Crippen LogP contribution in [0.5, 0.6) is 5.75 Å². The van der Waals surface area contributed by atoms with E-state index in [0.29, 0.717) is 34.5 Å². The second-order valence-corrected chi connectivity index (χ2v) is 5.93. The normalized spacial score (nSPS) is 10.1. The molecule has 0 saturated heterocycles. The number of carbonyl (C=O) groups is 2. The lowest BCUT2D eigenvalue weighted by atomic mass is 10.3. The number of hydrogen-bond donors (Lipinski definition) is 2. The maximum Gasteiger partial charge on any atom is 0.275 e. The molecule has 1 aromatic heterocycles. The molecular formula is C17H16Cl2N4O3. The van der Waals surface area contributed by atoms with Crippen molar-refractivity contribution in [2.45, 2.75) is 6.42 Å². The number of nitrogens with zero attached hydrogens (tertiary/aromatic N) is 2. The Labute approximate surface area is 160 Å². The van der Waals surface area contributed by atoms with E-state index in [1.165, 1.54) is 24.7 Å². The molecule has 9 heteroatoms. The van der Waals surface area contributed by atoms with Crippen LogP contribution >= 0.6 is 23.2 Å². The van der Waals surface area contributed by atoms with Crippen molar-refractivity contribution in [1.29, 1.82) is 0 Å². The maximum absolute atomic E-state index is 11.9. The number of ether oxygens (including phenoxy) is 1. The van der Waals surface area contributed by atoms with Crippen molar-refractivity contribution < 1.29 is 14.3 Å². The first-order chi connectivity index (χ1) is 12.5. The van der Waals surface area contributed by atoms with Crippen LogP contribution in [0.1, 0.15) is 16.9 Å². The molecule has 136 valence electrons. The summed E-state index contributed by atoms with van der Waals surface area (Å²) in [6, 6.07) is 4.73. The third-order valence-electron chi connectivity index (χ3n) is 3.10. The number of rotatable bonds is 8. The fourth-order valence-electron chi connectivity index (χ4n) is 1.82. The zero-order valence-corrected chi connectivity index (χ0v) is 15.2. The van der Waals surface area contributed by atoms with Crippen LogP contribution in [0.15, 0.2) is 49.1 Å². The fraction of sp³-hybridized carbons (Fsp3) is 0.176. The van der Waals surface area contributed by atoms with E-state index in [1.807, 2.05) is 0 Å². The van der Waals surface area contributed by atoms with Crippen LogP contribution in [0.4, 0.5) is 0 Å². The summed E-state index contributed by atoms with van der Waals surface area (Å²) in [6.45, 7) is 3.86. The largest absolute Gasteiger partial charge is 0.484 e. The Hall–Kier alpha value is -2.64. The van der Waals surface area contributed by atoms with Crippen molar-refractivity contribution in [3.63, 3.8) is 0 Å². The van der Waals surface area contributed by atoms with Crippen LogP contribution in [0.2, 0.25) is 10.0 Å². The summed E-state index contributed by atoms with van der Waals surface area (Å²) in [5.41, 5.74) is 0.638. The van der Waals surface area contributed by atoms with Gasteiger partial charge in [0.05, 0.1) is 16.2 Å². The summed E-state index contributed by atoms with van der Waals surface area (Å²) in [4.78, 5) is 31.3. The van der Waals surface area contributed by atoms with Crippen LogP contribution in [-0.2, 0) is 4.79 Å². The molecule has 0 fully saturated rings. The zero-order valence-electron chi connectivity index (χ0n) is 13.7. The molecule has 2 aromatic rings. The van der Waals surface area contributed by atoms with E-state index in [4.69, 9.17) is 27.9 Å². The number of hydrogen-bond acceptors (Lipinski definition) is 5. The average Bonchev–Trinajstić information content (AvgIpc) is 2.63. The van der Waals surface area contributed by atoms with Gasteiger partial charge >= 0.3 is 0 Å². The van der Waals surface area contributed by atoms with Gasteiger partial charge in [0.25, 0.3) is 11.8 Å². The van der Waals surface area contributed by atoms with Crippen molar-refractivity contribution in [2.24, 2.45) is 0 Å². The lowest BCUT2D eigenvalue weighted by Gasteiger charge is -2.10. The maximum atomic E-state index is 11.9. The van der Waals surface area contributed by atoms with E-state index in [1.54, 1.807) is 12.1 Å². The topological polar surface area (TPSA) is 93.2 Å². The van der Waals surface area contributed by atoms with Gasteiger partial charge in [0, 0.05) is 37.1 Å². The molecule has 1 heterocycles. The zero-order chi connectivity index (χ0) is 18.9. The first-order valence-electron chi connectivity index (χ1n) is 7.55. The molecule has 0 bridgehead atoms. The summed E-state index contributed by atoms with van der Waals surface area (Å²) in [6.07, 6.45) is 4.61. The van der Waals surface area contributed by atoms with Crippen LogP contribution in [0.3, 0.4) is 0 Å². The molecule has 0 aliphatic rings. The predicted molar refractivity (Wildman–Crippen MR) is 98.2 cm³/mol. The lowest BCUT2D eigenvalue weighted by Crippen LogP contribution is -2.31. The predicted octanol–water partition coefficient (Wildman–Crippen LogP) is 2.61. The van der Waals surface area contributed by atoms with Gasteiger partial charge in [0.15, 0.2) is 6.61 Å². The van der Waals surface area contributed by atoms with Gasteiger partial charge in [-0.3, -0.25) is 14.6 Å². The minimum absolute atomic E-state index is 0.170. The number of carbonyl (C=O) groups excluding carboxylic acids is 2. The third-order valence-corrected chi connectivity index (χ3v) is 3.84. The van der Waals surface area contributed by atoms with E-state index in [9.17, 15) is 9.59 Å².